The summed E-state index contributed by atoms with van der Waals surface area (Å²) in [6.45, 7) is 5.27. The summed E-state index contributed by atoms with van der Waals surface area (Å²) in [5.41, 5.74) is 4.26. The SMILES string of the molecule is CN=C(NCCc1cccc2cccnc12)NCc1c(C)noc1C. The van der Waals surface area contributed by atoms with Crippen molar-refractivity contribution in [3.8, 4) is 0 Å². The van der Waals surface area contributed by atoms with Crippen LogP contribution in [0.2, 0.25) is 0 Å². The number of hydrogen-bond donors (Lipinski definition) is 2. The van der Waals surface area contributed by atoms with E-state index in [2.05, 4.69) is 50.0 Å². The minimum absolute atomic E-state index is 0.636. The standard InChI is InChI=1S/C19H23N5O/c1-13-17(14(2)25-24-13)12-23-19(20-3)22-11-9-16-7-4-6-15-8-5-10-21-18(15)16/h4-8,10H,9,11-12H2,1-3H3,(H2,20,22,23). The maximum Gasteiger partial charge on any atom is 0.191 e. The highest BCUT2D eigenvalue weighted by Crippen LogP contribution is 2.16. The molecule has 25 heavy (non-hydrogen) atoms. The Kier molecular flexibility index (Phi) is 5.28. The second-order valence-electron chi connectivity index (χ2n) is 5.90. The van der Waals surface area contributed by atoms with E-state index < -0.39 is 0 Å². The molecule has 0 amide bonds. The second-order valence-corrected chi connectivity index (χ2v) is 5.90. The number of aliphatic imine (C=N–C) groups is 1. The Hall–Kier alpha value is -2.89. The van der Waals surface area contributed by atoms with Gasteiger partial charge in [-0.15, -0.1) is 0 Å². The van der Waals surface area contributed by atoms with E-state index in [0.717, 1.165) is 41.5 Å². The van der Waals surface area contributed by atoms with Gasteiger partial charge in [-0.3, -0.25) is 9.98 Å². The van der Waals surface area contributed by atoms with Crippen LogP contribution in [0.25, 0.3) is 10.9 Å². The minimum Gasteiger partial charge on any atom is -0.361 e. The van der Waals surface area contributed by atoms with Gasteiger partial charge in [-0.25, -0.2) is 0 Å². The highest BCUT2D eigenvalue weighted by atomic mass is 16.5. The van der Waals surface area contributed by atoms with Crippen LogP contribution >= 0.6 is 0 Å². The van der Waals surface area contributed by atoms with Crippen molar-refractivity contribution < 1.29 is 4.52 Å². The Labute approximate surface area is 147 Å². The summed E-state index contributed by atoms with van der Waals surface area (Å²) in [4.78, 5) is 8.77. The number of rotatable bonds is 5. The smallest absolute Gasteiger partial charge is 0.191 e. The molecule has 0 saturated heterocycles. The van der Waals surface area contributed by atoms with E-state index in [-0.39, 0.29) is 0 Å². The molecule has 3 aromatic rings. The quantitative estimate of drug-likeness (QED) is 0.553. The second kappa shape index (κ2) is 7.79. The molecule has 2 N–H and O–H groups in total. The first kappa shape index (κ1) is 17.0. The average molecular weight is 337 g/mol. The Morgan fingerprint density at radius 3 is 2.76 bits per heavy atom. The lowest BCUT2D eigenvalue weighted by molar-refractivity contribution is 0.392. The van der Waals surface area contributed by atoms with Gasteiger partial charge >= 0.3 is 0 Å². The van der Waals surface area contributed by atoms with Crippen molar-refractivity contribution in [1.82, 2.24) is 20.8 Å². The molecule has 0 radical (unpaired) electrons. The van der Waals surface area contributed by atoms with Gasteiger partial charge in [0.25, 0.3) is 0 Å². The van der Waals surface area contributed by atoms with Crippen LogP contribution in [-0.2, 0) is 13.0 Å². The van der Waals surface area contributed by atoms with Crippen LogP contribution in [-0.4, -0.2) is 29.7 Å². The summed E-state index contributed by atoms with van der Waals surface area (Å²) in [5.74, 6) is 1.59. The van der Waals surface area contributed by atoms with Crippen LogP contribution in [0.4, 0.5) is 0 Å². The Bertz CT molecular complexity index is 860. The molecule has 0 fully saturated rings. The van der Waals surface area contributed by atoms with E-state index in [1.165, 1.54) is 10.9 Å². The number of guanidine groups is 1. The van der Waals surface area contributed by atoms with Gasteiger partial charge in [-0.1, -0.05) is 29.4 Å². The first-order valence-corrected chi connectivity index (χ1v) is 8.38. The largest absolute Gasteiger partial charge is 0.361 e. The van der Waals surface area contributed by atoms with Crippen molar-refractivity contribution in [2.45, 2.75) is 26.8 Å². The molecule has 0 bridgehead atoms. The molecule has 0 atom stereocenters. The highest BCUT2D eigenvalue weighted by Gasteiger charge is 2.09. The summed E-state index contributed by atoms with van der Waals surface area (Å²) in [6, 6.07) is 10.3. The zero-order chi connectivity index (χ0) is 17.6. The molecule has 0 aliphatic rings. The number of nitrogens with one attached hydrogen (secondary N) is 2. The van der Waals surface area contributed by atoms with Gasteiger partial charge in [-0.05, 0) is 31.9 Å². The topological polar surface area (TPSA) is 75.3 Å². The molecule has 0 spiro atoms. The van der Waals surface area contributed by atoms with Crippen molar-refractivity contribution >= 4 is 16.9 Å². The molecule has 0 aliphatic carbocycles. The van der Waals surface area contributed by atoms with Crippen molar-refractivity contribution in [3.63, 3.8) is 0 Å². The van der Waals surface area contributed by atoms with Crippen LogP contribution in [0.15, 0.2) is 46.0 Å². The van der Waals surface area contributed by atoms with Crippen molar-refractivity contribution in [3.05, 3.63) is 59.1 Å². The third-order valence-corrected chi connectivity index (χ3v) is 4.24. The molecule has 3 rings (SSSR count). The highest BCUT2D eigenvalue weighted by molar-refractivity contribution is 5.82. The van der Waals surface area contributed by atoms with Crippen molar-refractivity contribution in [2.75, 3.05) is 13.6 Å². The van der Waals surface area contributed by atoms with Crippen molar-refractivity contribution in [2.24, 2.45) is 4.99 Å². The Morgan fingerprint density at radius 1 is 1.16 bits per heavy atom. The number of aryl methyl sites for hydroxylation is 2. The van der Waals surface area contributed by atoms with E-state index in [1.54, 1.807) is 7.05 Å². The first-order chi connectivity index (χ1) is 12.2. The maximum absolute atomic E-state index is 5.18. The maximum atomic E-state index is 5.18. The normalized spacial score (nSPS) is 11.7. The Morgan fingerprint density at radius 2 is 2.00 bits per heavy atom. The molecule has 0 saturated carbocycles. The third kappa shape index (κ3) is 3.96. The van der Waals surface area contributed by atoms with Gasteiger partial charge in [0.05, 0.1) is 11.2 Å². The van der Waals surface area contributed by atoms with Crippen LogP contribution in [0.5, 0.6) is 0 Å². The summed E-state index contributed by atoms with van der Waals surface area (Å²) >= 11 is 0. The van der Waals surface area contributed by atoms with Crippen LogP contribution in [0.3, 0.4) is 0 Å². The summed E-state index contributed by atoms with van der Waals surface area (Å²) in [5, 5.41) is 11.8. The molecule has 6 nitrogen and oxygen atoms in total. The number of nitrogens with zero attached hydrogens (tertiary/aromatic N) is 3. The van der Waals surface area contributed by atoms with E-state index >= 15 is 0 Å². The summed E-state index contributed by atoms with van der Waals surface area (Å²) < 4.78 is 5.18. The number of fused-ring (bicyclic) bond motifs is 1. The van der Waals surface area contributed by atoms with Gasteiger partial charge in [0.1, 0.15) is 5.76 Å². The fraction of sp³-hybridized carbons (Fsp3) is 0.316. The zero-order valence-corrected chi connectivity index (χ0v) is 14.8. The van der Waals surface area contributed by atoms with Gasteiger partial charge < -0.3 is 15.2 Å². The monoisotopic (exact) mass is 337 g/mol. The molecular weight excluding hydrogens is 314 g/mol. The summed E-state index contributed by atoms with van der Waals surface area (Å²) in [6.07, 6.45) is 2.71. The van der Waals surface area contributed by atoms with Gasteiger partial charge in [0, 0.05) is 37.3 Å². The minimum atomic E-state index is 0.636. The van der Waals surface area contributed by atoms with Gasteiger partial charge in [0.2, 0.25) is 0 Å². The predicted molar refractivity (Wildman–Crippen MR) is 99.6 cm³/mol. The molecular formula is C19H23N5O. The zero-order valence-electron chi connectivity index (χ0n) is 14.8. The molecule has 1 aromatic carbocycles. The molecule has 0 aliphatic heterocycles. The lowest BCUT2D eigenvalue weighted by Crippen LogP contribution is -2.38. The van der Waals surface area contributed by atoms with E-state index in [0.29, 0.717) is 6.54 Å². The number of benzene rings is 1. The molecule has 6 heteroatoms. The first-order valence-electron chi connectivity index (χ1n) is 8.38. The molecule has 2 aromatic heterocycles. The van der Waals surface area contributed by atoms with Crippen LogP contribution in [0, 0.1) is 13.8 Å². The fourth-order valence-electron chi connectivity index (χ4n) is 2.83. The van der Waals surface area contributed by atoms with Gasteiger partial charge in [-0.2, -0.15) is 0 Å². The van der Waals surface area contributed by atoms with E-state index in [1.807, 2.05) is 26.1 Å². The van der Waals surface area contributed by atoms with Crippen LogP contribution in [0.1, 0.15) is 22.6 Å². The van der Waals surface area contributed by atoms with Gasteiger partial charge in [0.15, 0.2) is 5.96 Å². The lowest BCUT2D eigenvalue weighted by atomic mass is 10.1. The number of pyridine rings is 1. The van der Waals surface area contributed by atoms with E-state index in [9.17, 15) is 0 Å². The number of para-hydroxylation sites is 1. The molecule has 2 heterocycles. The molecule has 0 unspecified atom stereocenters. The number of aromatic nitrogens is 2. The van der Waals surface area contributed by atoms with Crippen LogP contribution < -0.4 is 10.6 Å². The molecule has 130 valence electrons. The lowest BCUT2D eigenvalue weighted by Gasteiger charge is -2.12. The number of hydrogen-bond acceptors (Lipinski definition) is 4. The summed E-state index contributed by atoms with van der Waals surface area (Å²) in [7, 11) is 1.77. The fourth-order valence-corrected chi connectivity index (χ4v) is 2.83. The third-order valence-electron chi connectivity index (χ3n) is 4.24. The predicted octanol–water partition coefficient (Wildman–Crippen LogP) is 2.75. The van der Waals surface area contributed by atoms with Crippen molar-refractivity contribution in [1.29, 1.82) is 0 Å². The average Bonchev–Trinajstić information content (AvgIpc) is 2.96. The van der Waals surface area contributed by atoms with E-state index in [4.69, 9.17) is 4.52 Å². The Balaban J connectivity index is 1.56.